The lowest BCUT2D eigenvalue weighted by Crippen LogP contribution is -2.27. The lowest BCUT2D eigenvalue weighted by atomic mass is 10.1. The summed E-state index contributed by atoms with van der Waals surface area (Å²) in [5.74, 6) is -0.853. The van der Waals surface area contributed by atoms with E-state index in [1.807, 2.05) is 4.98 Å². The number of anilines is 1. The van der Waals surface area contributed by atoms with Crippen molar-refractivity contribution in [1.82, 2.24) is 15.0 Å². The number of nitrogens with zero attached hydrogens (tertiary/aromatic N) is 1. The highest BCUT2D eigenvalue weighted by molar-refractivity contribution is 7.14. The number of halogens is 1. The summed E-state index contributed by atoms with van der Waals surface area (Å²) in [6, 6.07) is 4.44. The van der Waals surface area contributed by atoms with Crippen LogP contribution < -0.4 is 21.3 Å². The number of aromatic nitrogens is 3. The maximum absolute atomic E-state index is 13.8. The van der Waals surface area contributed by atoms with Gasteiger partial charge < -0.3 is 15.0 Å². The van der Waals surface area contributed by atoms with Crippen LogP contribution in [0.3, 0.4) is 0 Å². The molecule has 0 saturated heterocycles. The number of methoxy groups -OCH3 is 1. The number of thiazole rings is 1. The molecule has 3 aromatic rings. The number of hydrogen-bond donors (Lipinski definition) is 3. The molecule has 0 aliphatic carbocycles. The zero-order valence-corrected chi connectivity index (χ0v) is 14.3. The van der Waals surface area contributed by atoms with Crippen LogP contribution in [0, 0.1) is 5.82 Å². The molecule has 10 heteroatoms. The van der Waals surface area contributed by atoms with Gasteiger partial charge in [0.25, 0.3) is 5.56 Å². The zero-order chi connectivity index (χ0) is 18.7. The van der Waals surface area contributed by atoms with Crippen LogP contribution >= 0.6 is 11.3 Å². The number of amides is 1. The van der Waals surface area contributed by atoms with Crippen LogP contribution in [-0.4, -0.2) is 28.0 Å². The van der Waals surface area contributed by atoms with E-state index in [0.717, 1.165) is 0 Å². The average Bonchev–Trinajstić information content (AvgIpc) is 3.05. The molecular weight excluding hydrogens is 363 g/mol. The Morgan fingerprint density at radius 2 is 2.19 bits per heavy atom. The summed E-state index contributed by atoms with van der Waals surface area (Å²) in [4.78, 5) is 43.2. The molecule has 0 spiro atoms. The number of nitrogens with one attached hydrogen (secondary N) is 3. The average molecular weight is 376 g/mol. The van der Waals surface area contributed by atoms with Crippen LogP contribution in [0.1, 0.15) is 5.56 Å². The first-order chi connectivity index (χ1) is 12.5. The van der Waals surface area contributed by atoms with Gasteiger partial charge in [0, 0.05) is 22.7 Å². The first kappa shape index (κ1) is 17.5. The van der Waals surface area contributed by atoms with E-state index in [9.17, 15) is 18.8 Å². The van der Waals surface area contributed by atoms with Crippen LogP contribution in [-0.2, 0) is 11.2 Å². The monoisotopic (exact) mass is 376 g/mol. The van der Waals surface area contributed by atoms with Crippen molar-refractivity contribution in [3.8, 4) is 17.0 Å². The van der Waals surface area contributed by atoms with Gasteiger partial charge in [-0.15, -0.1) is 11.3 Å². The minimum Gasteiger partial charge on any atom is -0.494 e. The summed E-state index contributed by atoms with van der Waals surface area (Å²) >= 11 is 1.17. The molecule has 26 heavy (non-hydrogen) atoms. The third kappa shape index (κ3) is 3.86. The first-order valence-electron chi connectivity index (χ1n) is 7.36. The summed E-state index contributed by atoms with van der Waals surface area (Å²) in [6.45, 7) is 0. The fourth-order valence-corrected chi connectivity index (χ4v) is 2.93. The number of carbonyl (C=O) groups excluding carboxylic acids is 1. The Morgan fingerprint density at radius 3 is 2.88 bits per heavy atom. The molecule has 8 nitrogen and oxygen atoms in total. The Bertz CT molecular complexity index is 1070. The van der Waals surface area contributed by atoms with E-state index in [2.05, 4.69) is 15.3 Å². The van der Waals surface area contributed by atoms with Gasteiger partial charge in [0.15, 0.2) is 16.7 Å². The standard InChI is InChI=1S/C16H13FN4O4S/c1-25-12-3-2-8(4-10(12)17)11-7-26-16(19-11)20-13(22)5-9-6-18-15(24)21-14(9)23/h2-4,6-7H,5H2,1H3,(H,19,20,22)(H2,18,21,23,24). The number of aromatic amines is 2. The highest BCUT2D eigenvalue weighted by Gasteiger charge is 2.12. The van der Waals surface area contributed by atoms with Crippen molar-refractivity contribution < 1.29 is 13.9 Å². The maximum atomic E-state index is 13.8. The smallest absolute Gasteiger partial charge is 0.325 e. The molecule has 0 atom stereocenters. The highest BCUT2D eigenvalue weighted by Crippen LogP contribution is 2.28. The van der Waals surface area contributed by atoms with Gasteiger partial charge in [-0.2, -0.15) is 0 Å². The Balaban J connectivity index is 1.72. The van der Waals surface area contributed by atoms with Gasteiger partial charge in [-0.05, 0) is 18.2 Å². The third-order valence-corrected chi connectivity index (χ3v) is 4.20. The molecule has 0 bridgehead atoms. The summed E-state index contributed by atoms with van der Waals surface area (Å²) in [5, 5.41) is 4.54. The van der Waals surface area contributed by atoms with E-state index in [4.69, 9.17) is 4.74 Å². The van der Waals surface area contributed by atoms with E-state index >= 15 is 0 Å². The summed E-state index contributed by atoms with van der Waals surface area (Å²) in [7, 11) is 1.38. The van der Waals surface area contributed by atoms with Gasteiger partial charge in [0.1, 0.15) is 0 Å². The Kier molecular flexibility index (Phi) is 4.94. The first-order valence-corrected chi connectivity index (χ1v) is 8.24. The van der Waals surface area contributed by atoms with Crippen molar-refractivity contribution in [2.24, 2.45) is 0 Å². The second-order valence-electron chi connectivity index (χ2n) is 5.21. The van der Waals surface area contributed by atoms with Crippen LogP contribution in [0.5, 0.6) is 5.75 Å². The number of hydrogen-bond acceptors (Lipinski definition) is 6. The van der Waals surface area contributed by atoms with Crippen LogP contribution in [0.15, 0.2) is 39.4 Å². The van der Waals surface area contributed by atoms with Gasteiger partial charge in [-0.25, -0.2) is 14.2 Å². The van der Waals surface area contributed by atoms with E-state index in [0.29, 0.717) is 16.4 Å². The number of rotatable bonds is 5. The van der Waals surface area contributed by atoms with Gasteiger partial charge >= 0.3 is 5.69 Å². The predicted molar refractivity (Wildman–Crippen MR) is 94.1 cm³/mol. The van der Waals surface area contributed by atoms with Crippen LogP contribution in [0.4, 0.5) is 9.52 Å². The zero-order valence-electron chi connectivity index (χ0n) is 13.5. The maximum Gasteiger partial charge on any atom is 0.325 e. The normalized spacial score (nSPS) is 10.5. The molecular formula is C16H13FN4O4S. The Hall–Kier alpha value is -3.27. The van der Waals surface area contributed by atoms with Gasteiger partial charge in [-0.3, -0.25) is 14.6 Å². The van der Waals surface area contributed by atoms with E-state index in [1.54, 1.807) is 11.4 Å². The fourth-order valence-electron chi connectivity index (χ4n) is 2.19. The largest absolute Gasteiger partial charge is 0.494 e. The molecule has 1 amide bonds. The summed E-state index contributed by atoms with van der Waals surface area (Å²) in [6.07, 6.45) is 0.965. The lowest BCUT2D eigenvalue weighted by molar-refractivity contribution is -0.115. The summed E-state index contributed by atoms with van der Waals surface area (Å²) < 4.78 is 18.7. The topological polar surface area (TPSA) is 117 Å². The fraction of sp³-hybridized carbons (Fsp3) is 0.125. The molecule has 3 rings (SSSR count). The second kappa shape index (κ2) is 7.31. The number of benzene rings is 1. The Morgan fingerprint density at radius 1 is 1.38 bits per heavy atom. The van der Waals surface area contributed by atoms with E-state index in [-0.39, 0.29) is 17.7 Å². The molecule has 0 aliphatic rings. The van der Waals surface area contributed by atoms with Crippen LogP contribution in [0.25, 0.3) is 11.3 Å². The minimum atomic E-state index is -0.643. The molecule has 2 heterocycles. The predicted octanol–water partition coefficient (Wildman–Crippen LogP) is 1.52. The minimum absolute atomic E-state index is 0.121. The molecule has 134 valence electrons. The van der Waals surface area contributed by atoms with Crippen molar-refractivity contribution >= 4 is 22.4 Å². The van der Waals surface area contributed by atoms with Gasteiger partial charge in [0.2, 0.25) is 5.91 Å². The number of H-pyrrole nitrogens is 2. The quantitative estimate of drug-likeness (QED) is 0.624. The molecule has 0 radical (unpaired) electrons. The number of carbonyl (C=O) groups is 1. The van der Waals surface area contributed by atoms with E-state index in [1.165, 1.54) is 36.8 Å². The second-order valence-corrected chi connectivity index (χ2v) is 6.07. The third-order valence-electron chi connectivity index (χ3n) is 3.45. The van der Waals surface area contributed by atoms with Crippen molar-refractivity contribution in [3.63, 3.8) is 0 Å². The molecule has 2 aromatic heterocycles. The highest BCUT2D eigenvalue weighted by atomic mass is 32.1. The molecule has 0 unspecified atom stereocenters. The molecule has 0 fully saturated rings. The van der Waals surface area contributed by atoms with Crippen LogP contribution in [0.2, 0.25) is 0 Å². The van der Waals surface area contributed by atoms with Gasteiger partial charge in [-0.1, -0.05) is 0 Å². The number of ether oxygens (including phenoxy) is 1. The lowest BCUT2D eigenvalue weighted by Gasteiger charge is -2.03. The van der Waals surface area contributed by atoms with Crippen molar-refractivity contribution in [2.75, 3.05) is 12.4 Å². The van der Waals surface area contributed by atoms with Crippen molar-refractivity contribution in [1.29, 1.82) is 0 Å². The summed E-state index contributed by atoms with van der Waals surface area (Å²) in [5.41, 5.74) is -0.116. The van der Waals surface area contributed by atoms with Crippen molar-refractivity contribution in [3.05, 3.63) is 62.0 Å². The SMILES string of the molecule is COc1ccc(-c2csc(NC(=O)Cc3c[nH]c(=O)[nH]c3=O)n2)cc1F. The van der Waals surface area contributed by atoms with E-state index < -0.39 is 23.0 Å². The Labute approximate surface area is 149 Å². The molecule has 0 saturated carbocycles. The van der Waals surface area contributed by atoms with Gasteiger partial charge in [0.05, 0.1) is 19.2 Å². The molecule has 1 aromatic carbocycles. The molecule has 3 N–H and O–H groups in total. The molecule has 0 aliphatic heterocycles. The van der Waals surface area contributed by atoms with Crippen molar-refractivity contribution in [2.45, 2.75) is 6.42 Å².